The van der Waals surface area contributed by atoms with Crippen LogP contribution in [0.15, 0.2) is 54.6 Å². The van der Waals surface area contributed by atoms with E-state index in [2.05, 4.69) is 10.6 Å². The van der Waals surface area contributed by atoms with Crippen LogP contribution in [0.4, 0.5) is 4.79 Å². The van der Waals surface area contributed by atoms with Gasteiger partial charge in [-0.2, -0.15) is 0 Å². The summed E-state index contributed by atoms with van der Waals surface area (Å²) >= 11 is 0. The van der Waals surface area contributed by atoms with Crippen molar-refractivity contribution >= 4 is 17.7 Å². The van der Waals surface area contributed by atoms with Gasteiger partial charge in [-0.25, -0.2) is 4.79 Å². The van der Waals surface area contributed by atoms with E-state index in [4.69, 9.17) is 4.74 Å². The van der Waals surface area contributed by atoms with Gasteiger partial charge < -0.3 is 10.1 Å². The van der Waals surface area contributed by atoms with Gasteiger partial charge in [-0.15, -0.1) is 0 Å². The fourth-order valence-corrected chi connectivity index (χ4v) is 2.34. The molecule has 0 saturated heterocycles. The summed E-state index contributed by atoms with van der Waals surface area (Å²) in [5.74, 6) is -0.112. The molecule has 0 aliphatic rings. The van der Waals surface area contributed by atoms with Crippen LogP contribution in [0.2, 0.25) is 0 Å². The molecule has 0 aromatic heterocycles. The standard InChI is InChI=1S/C20H22N2O4/c1-3-17(23)14-10-12-16(13-11-14)26-18(15-8-6-5-7-9-15)19(24)22-20(25)21-4-2/h5-13,18H,3-4H2,1-2H3,(H2,21,22,24,25)/t18-/m0/s1. The Morgan fingerprint density at radius 1 is 0.962 bits per heavy atom. The summed E-state index contributed by atoms with van der Waals surface area (Å²) in [4.78, 5) is 35.9. The fourth-order valence-electron chi connectivity index (χ4n) is 2.34. The molecule has 0 heterocycles. The van der Waals surface area contributed by atoms with Gasteiger partial charge in [0.2, 0.25) is 6.10 Å². The van der Waals surface area contributed by atoms with E-state index in [1.165, 1.54) is 0 Å². The first-order valence-corrected chi connectivity index (χ1v) is 8.48. The number of ketones is 1. The molecule has 136 valence electrons. The second-order valence-electron chi connectivity index (χ2n) is 5.56. The molecule has 0 radical (unpaired) electrons. The van der Waals surface area contributed by atoms with Crippen molar-refractivity contribution in [1.29, 1.82) is 0 Å². The third kappa shape index (κ3) is 5.17. The van der Waals surface area contributed by atoms with Gasteiger partial charge in [-0.3, -0.25) is 14.9 Å². The van der Waals surface area contributed by atoms with E-state index < -0.39 is 18.0 Å². The molecular weight excluding hydrogens is 332 g/mol. The van der Waals surface area contributed by atoms with E-state index in [0.717, 1.165) is 0 Å². The van der Waals surface area contributed by atoms with Gasteiger partial charge in [0, 0.05) is 24.1 Å². The maximum absolute atomic E-state index is 12.5. The normalized spacial score (nSPS) is 11.3. The lowest BCUT2D eigenvalue weighted by Gasteiger charge is -2.19. The summed E-state index contributed by atoms with van der Waals surface area (Å²) in [5, 5.41) is 4.78. The molecule has 0 aliphatic heterocycles. The second kappa shape index (κ2) is 9.36. The van der Waals surface area contributed by atoms with Gasteiger partial charge in [0.15, 0.2) is 5.78 Å². The van der Waals surface area contributed by atoms with Crippen LogP contribution in [0.1, 0.15) is 42.3 Å². The molecule has 6 heteroatoms. The molecular formula is C20H22N2O4. The summed E-state index contributed by atoms with van der Waals surface area (Å²) in [5.41, 5.74) is 1.20. The number of hydrogen-bond donors (Lipinski definition) is 2. The highest BCUT2D eigenvalue weighted by molar-refractivity contribution is 5.97. The molecule has 2 aromatic carbocycles. The summed E-state index contributed by atoms with van der Waals surface area (Å²) in [6, 6.07) is 14.9. The highest BCUT2D eigenvalue weighted by Gasteiger charge is 2.24. The first kappa shape index (κ1) is 19.2. The lowest BCUT2D eigenvalue weighted by Crippen LogP contribution is -2.42. The van der Waals surface area contributed by atoms with Crippen molar-refractivity contribution in [2.75, 3.05) is 6.54 Å². The average molecular weight is 354 g/mol. The summed E-state index contributed by atoms with van der Waals surface area (Å²) in [6.07, 6.45) is -0.576. The van der Waals surface area contributed by atoms with Crippen LogP contribution in [0.3, 0.4) is 0 Å². The number of rotatable bonds is 7. The van der Waals surface area contributed by atoms with E-state index in [-0.39, 0.29) is 5.78 Å². The zero-order chi connectivity index (χ0) is 18.9. The Morgan fingerprint density at radius 2 is 1.62 bits per heavy atom. The van der Waals surface area contributed by atoms with Gasteiger partial charge in [0.05, 0.1) is 0 Å². The fraction of sp³-hybridized carbons (Fsp3) is 0.250. The molecule has 1 atom stereocenters. The number of nitrogens with one attached hydrogen (secondary N) is 2. The van der Waals surface area contributed by atoms with Crippen molar-refractivity contribution in [2.45, 2.75) is 26.4 Å². The second-order valence-corrected chi connectivity index (χ2v) is 5.56. The van der Waals surface area contributed by atoms with Crippen molar-refractivity contribution in [3.05, 3.63) is 65.7 Å². The van der Waals surface area contributed by atoms with Gasteiger partial charge in [-0.1, -0.05) is 37.3 Å². The van der Waals surface area contributed by atoms with E-state index in [1.807, 2.05) is 6.07 Å². The highest BCUT2D eigenvalue weighted by Crippen LogP contribution is 2.23. The molecule has 6 nitrogen and oxygen atoms in total. The van der Waals surface area contributed by atoms with Crippen LogP contribution in [0.25, 0.3) is 0 Å². The monoisotopic (exact) mass is 354 g/mol. The van der Waals surface area contributed by atoms with Gasteiger partial charge in [-0.05, 0) is 31.2 Å². The lowest BCUT2D eigenvalue weighted by molar-refractivity contribution is -0.127. The van der Waals surface area contributed by atoms with E-state index in [9.17, 15) is 14.4 Å². The van der Waals surface area contributed by atoms with Crippen LogP contribution in [0, 0.1) is 0 Å². The van der Waals surface area contributed by atoms with Crippen LogP contribution >= 0.6 is 0 Å². The smallest absolute Gasteiger partial charge is 0.321 e. The number of amides is 3. The number of carbonyl (C=O) groups excluding carboxylic acids is 3. The van der Waals surface area contributed by atoms with Crippen LogP contribution in [0.5, 0.6) is 5.75 Å². The zero-order valence-electron chi connectivity index (χ0n) is 14.8. The molecule has 0 unspecified atom stereocenters. The summed E-state index contributed by atoms with van der Waals surface area (Å²) in [6.45, 7) is 3.96. The minimum absolute atomic E-state index is 0.0325. The molecule has 0 spiro atoms. The number of urea groups is 1. The lowest BCUT2D eigenvalue weighted by atomic mass is 10.1. The molecule has 0 saturated carbocycles. The Morgan fingerprint density at radius 3 is 2.19 bits per heavy atom. The van der Waals surface area contributed by atoms with E-state index in [0.29, 0.717) is 29.8 Å². The molecule has 2 rings (SSSR count). The van der Waals surface area contributed by atoms with Crippen molar-refractivity contribution in [3.63, 3.8) is 0 Å². The first-order valence-electron chi connectivity index (χ1n) is 8.48. The number of Topliss-reactive ketones (excluding diaryl/α,β-unsaturated/α-hetero) is 1. The SMILES string of the molecule is CCNC(=O)NC(=O)[C@@H](Oc1ccc(C(=O)CC)cc1)c1ccccc1. The van der Waals surface area contributed by atoms with Crippen molar-refractivity contribution in [3.8, 4) is 5.75 Å². The average Bonchev–Trinajstić information content (AvgIpc) is 2.66. The number of hydrogen-bond acceptors (Lipinski definition) is 4. The number of ether oxygens (including phenoxy) is 1. The maximum Gasteiger partial charge on any atom is 0.321 e. The molecule has 0 fully saturated rings. The third-order valence-corrected chi connectivity index (χ3v) is 3.67. The first-order chi connectivity index (χ1) is 12.5. The van der Waals surface area contributed by atoms with Crippen molar-refractivity contribution < 1.29 is 19.1 Å². The van der Waals surface area contributed by atoms with Crippen molar-refractivity contribution in [2.24, 2.45) is 0 Å². The Hall–Kier alpha value is -3.15. The number of benzene rings is 2. The van der Waals surface area contributed by atoms with Crippen LogP contribution < -0.4 is 15.4 Å². The Kier molecular flexibility index (Phi) is 6.91. The molecule has 3 amide bonds. The topological polar surface area (TPSA) is 84.5 Å². The number of imide groups is 1. The van der Waals surface area contributed by atoms with Gasteiger partial charge >= 0.3 is 6.03 Å². The minimum atomic E-state index is -0.994. The van der Waals surface area contributed by atoms with E-state index >= 15 is 0 Å². The van der Waals surface area contributed by atoms with Gasteiger partial charge in [0.25, 0.3) is 5.91 Å². The quantitative estimate of drug-likeness (QED) is 0.748. The largest absolute Gasteiger partial charge is 0.476 e. The van der Waals surface area contributed by atoms with Crippen LogP contribution in [-0.4, -0.2) is 24.3 Å². The predicted molar refractivity (Wildman–Crippen MR) is 98.1 cm³/mol. The maximum atomic E-state index is 12.5. The summed E-state index contributed by atoms with van der Waals surface area (Å²) < 4.78 is 5.81. The number of carbonyl (C=O) groups is 3. The van der Waals surface area contributed by atoms with Crippen molar-refractivity contribution in [1.82, 2.24) is 10.6 Å². The predicted octanol–water partition coefficient (Wildman–Crippen LogP) is 3.25. The summed E-state index contributed by atoms with van der Waals surface area (Å²) in [7, 11) is 0. The van der Waals surface area contributed by atoms with Crippen LogP contribution in [-0.2, 0) is 4.79 Å². The highest BCUT2D eigenvalue weighted by atomic mass is 16.5. The molecule has 2 aromatic rings. The molecule has 26 heavy (non-hydrogen) atoms. The molecule has 2 N–H and O–H groups in total. The van der Waals surface area contributed by atoms with Gasteiger partial charge in [0.1, 0.15) is 5.75 Å². The molecule has 0 aliphatic carbocycles. The zero-order valence-corrected chi connectivity index (χ0v) is 14.8. The Labute approximate surface area is 152 Å². The molecule has 0 bridgehead atoms. The minimum Gasteiger partial charge on any atom is -0.476 e. The third-order valence-electron chi connectivity index (χ3n) is 3.67. The Balaban J connectivity index is 2.20. The Bertz CT molecular complexity index is 757. The van der Waals surface area contributed by atoms with E-state index in [1.54, 1.807) is 62.4 Å².